The fourth-order valence-corrected chi connectivity index (χ4v) is 5.79. The van der Waals surface area contributed by atoms with Crippen molar-refractivity contribution in [1.29, 1.82) is 0 Å². The van der Waals surface area contributed by atoms with E-state index in [9.17, 15) is 0 Å². The SMILES string of the molecule is CCCNC(Cc1c(Cl)cccc1Cl)C1CSCCS1. The van der Waals surface area contributed by atoms with Crippen LogP contribution in [0.3, 0.4) is 0 Å². The molecule has 0 bridgehead atoms. The zero-order valence-corrected chi connectivity index (χ0v) is 14.8. The van der Waals surface area contributed by atoms with Gasteiger partial charge >= 0.3 is 0 Å². The fraction of sp³-hybridized carbons (Fsp3) is 0.600. The Bertz CT molecular complexity index is 402. The maximum Gasteiger partial charge on any atom is 0.0453 e. The van der Waals surface area contributed by atoms with Crippen LogP contribution in [-0.4, -0.2) is 35.1 Å². The highest BCUT2D eigenvalue weighted by atomic mass is 35.5. The van der Waals surface area contributed by atoms with Crippen molar-refractivity contribution in [3.63, 3.8) is 0 Å². The Labute approximate surface area is 140 Å². The summed E-state index contributed by atoms with van der Waals surface area (Å²) in [5, 5.41) is 5.91. The molecule has 0 saturated carbocycles. The van der Waals surface area contributed by atoms with Crippen LogP contribution in [-0.2, 0) is 6.42 Å². The van der Waals surface area contributed by atoms with Gasteiger partial charge in [-0.1, -0.05) is 36.2 Å². The first-order chi connectivity index (χ1) is 9.72. The van der Waals surface area contributed by atoms with Gasteiger partial charge in [-0.2, -0.15) is 23.5 Å². The third-order valence-corrected chi connectivity index (χ3v) is 7.06. The third-order valence-electron chi connectivity index (χ3n) is 3.43. The molecule has 0 radical (unpaired) electrons. The van der Waals surface area contributed by atoms with Gasteiger partial charge in [-0.15, -0.1) is 0 Å². The van der Waals surface area contributed by atoms with Gasteiger partial charge in [0.2, 0.25) is 0 Å². The van der Waals surface area contributed by atoms with E-state index in [1.807, 2.05) is 18.2 Å². The monoisotopic (exact) mass is 349 g/mol. The van der Waals surface area contributed by atoms with Gasteiger partial charge in [-0.05, 0) is 37.1 Å². The molecule has 0 aliphatic carbocycles. The molecule has 0 aromatic heterocycles. The van der Waals surface area contributed by atoms with E-state index in [1.165, 1.54) is 17.3 Å². The standard InChI is InChI=1S/C15H21Cl2NS2/c1-2-6-18-14(15-10-19-7-8-20-15)9-11-12(16)4-3-5-13(11)17/h3-5,14-15,18H,2,6-10H2,1H3. The number of thioether (sulfide) groups is 2. The molecule has 0 amide bonds. The zero-order chi connectivity index (χ0) is 14.4. The van der Waals surface area contributed by atoms with E-state index >= 15 is 0 Å². The summed E-state index contributed by atoms with van der Waals surface area (Å²) in [6.45, 7) is 3.25. The summed E-state index contributed by atoms with van der Waals surface area (Å²) in [5.74, 6) is 3.73. The first-order valence-corrected chi connectivity index (χ1v) is 10.0. The summed E-state index contributed by atoms with van der Waals surface area (Å²) in [6, 6.07) is 6.23. The summed E-state index contributed by atoms with van der Waals surface area (Å²) in [7, 11) is 0. The Hall–Kier alpha value is 0.460. The van der Waals surface area contributed by atoms with Crippen LogP contribution in [0.15, 0.2) is 18.2 Å². The minimum Gasteiger partial charge on any atom is -0.313 e. The van der Waals surface area contributed by atoms with Crippen molar-refractivity contribution in [2.75, 3.05) is 23.8 Å². The van der Waals surface area contributed by atoms with Gasteiger partial charge in [0.25, 0.3) is 0 Å². The van der Waals surface area contributed by atoms with Crippen LogP contribution in [0.2, 0.25) is 10.0 Å². The molecule has 20 heavy (non-hydrogen) atoms. The topological polar surface area (TPSA) is 12.0 Å². The van der Waals surface area contributed by atoms with Gasteiger partial charge < -0.3 is 5.32 Å². The van der Waals surface area contributed by atoms with E-state index in [0.29, 0.717) is 11.3 Å². The molecule has 1 aromatic carbocycles. The molecule has 1 saturated heterocycles. The normalized spacial score (nSPS) is 20.9. The van der Waals surface area contributed by atoms with Crippen molar-refractivity contribution in [2.24, 2.45) is 0 Å². The molecule has 1 nitrogen and oxygen atoms in total. The summed E-state index contributed by atoms with van der Waals surface area (Å²) in [4.78, 5) is 0. The van der Waals surface area contributed by atoms with Gasteiger partial charge in [0.05, 0.1) is 0 Å². The summed E-state index contributed by atoms with van der Waals surface area (Å²) < 4.78 is 0. The predicted octanol–water partition coefficient (Wildman–Crippen LogP) is 4.75. The van der Waals surface area contributed by atoms with Crippen molar-refractivity contribution in [2.45, 2.75) is 31.1 Å². The van der Waals surface area contributed by atoms with Crippen molar-refractivity contribution >= 4 is 46.7 Å². The van der Waals surface area contributed by atoms with Gasteiger partial charge in [0, 0.05) is 38.6 Å². The summed E-state index contributed by atoms with van der Waals surface area (Å²) in [5.41, 5.74) is 1.08. The van der Waals surface area contributed by atoms with Gasteiger partial charge in [-0.25, -0.2) is 0 Å². The molecule has 1 aliphatic rings. The van der Waals surface area contributed by atoms with Gasteiger partial charge in [-0.3, -0.25) is 0 Å². The number of benzene rings is 1. The molecular weight excluding hydrogens is 329 g/mol. The van der Waals surface area contributed by atoms with Crippen LogP contribution in [0.25, 0.3) is 0 Å². The molecule has 2 unspecified atom stereocenters. The first-order valence-electron chi connectivity index (χ1n) is 7.08. The number of hydrogen-bond acceptors (Lipinski definition) is 3. The molecular formula is C15H21Cl2NS2. The lowest BCUT2D eigenvalue weighted by Crippen LogP contribution is -2.43. The van der Waals surface area contributed by atoms with E-state index in [1.54, 1.807) is 0 Å². The van der Waals surface area contributed by atoms with Gasteiger partial charge in [0.1, 0.15) is 0 Å². The van der Waals surface area contributed by atoms with E-state index in [0.717, 1.165) is 35.0 Å². The summed E-state index contributed by atoms with van der Waals surface area (Å²) >= 11 is 16.8. The quantitative estimate of drug-likeness (QED) is 0.795. The van der Waals surface area contributed by atoms with Crippen molar-refractivity contribution in [3.05, 3.63) is 33.8 Å². The highest BCUT2D eigenvalue weighted by Crippen LogP contribution is 2.31. The Morgan fingerprint density at radius 2 is 2.05 bits per heavy atom. The van der Waals surface area contributed by atoms with Crippen molar-refractivity contribution in [1.82, 2.24) is 5.32 Å². The summed E-state index contributed by atoms with van der Waals surface area (Å²) in [6.07, 6.45) is 2.06. The average molecular weight is 350 g/mol. The Balaban J connectivity index is 2.09. The minimum atomic E-state index is 0.449. The molecule has 112 valence electrons. The molecule has 1 aromatic rings. The van der Waals surface area contributed by atoms with Crippen LogP contribution < -0.4 is 5.32 Å². The molecule has 0 spiro atoms. The minimum absolute atomic E-state index is 0.449. The van der Waals surface area contributed by atoms with E-state index in [2.05, 4.69) is 35.8 Å². The van der Waals surface area contributed by atoms with Crippen LogP contribution in [0.5, 0.6) is 0 Å². The van der Waals surface area contributed by atoms with E-state index < -0.39 is 0 Å². The average Bonchev–Trinajstić information content (AvgIpc) is 2.47. The number of hydrogen-bond donors (Lipinski definition) is 1. The second-order valence-electron chi connectivity index (χ2n) is 4.95. The largest absolute Gasteiger partial charge is 0.313 e. The lowest BCUT2D eigenvalue weighted by Gasteiger charge is -2.31. The molecule has 1 heterocycles. The smallest absolute Gasteiger partial charge is 0.0453 e. The molecule has 2 atom stereocenters. The predicted molar refractivity (Wildman–Crippen MR) is 95.8 cm³/mol. The highest BCUT2D eigenvalue weighted by molar-refractivity contribution is 8.06. The maximum atomic E-state index is 6.32. The fourth-order valence-electron chi connectivity index (χ4n) is 2.35. The molecule has 1 aliphatic heterocycles. The van der Waals surface area contributed by atoms with Crippen LogP contribution in [0, 0.1) is 0 Å². The Morgan fingerprint density at radius 1 is 1.30 bits per heavy atom. The number of halogens is 2. The van der Waals surface area contributed by atoms with Crippen LogP contribution >= 0.6 is 46.7 Å². The lowest BCUT2D eigenvalue weighted by molar-refractivity contribution is 0.506. The lowest BCUT2D eigenvalue weighted by atomic mass is 10.0. The van der Waals surface area contributed by atoms with Crippen molar-refractivity contribution < 1.29 is 0 Å². The van der Waals surface area contributed by atoms with Crippen LogP contribution in [0.4, 0.5) is 0 Å². The molecule has 5 heteroatoms. The molecule has 1 fully saturated rings. The van der Waals surface area contributed by atoms with E-state index in [4.69, 9.17) is 23.2 Å². The molecule has 1 N–H and O–H groups in total. The number of rotatable bonds is 6. The first kappa shape index (κ1) is 16.8. The van der Waals surface area contributed by atoms with Crippen molar-refractivity contribution in [3.8, 4) is 0 Å². The molecule has 2 rings (SSSR count). The van der Waals surface area contributed by atoms with Crippen LogP contribution in [0.1, 0.15) is 18.9 Å². The van der Waals surface area contributed by atoms with Gasteiger partial charge in [0.15, 0.2) is 0 Å². The second kappa shape index (κ2) is 8.79. The Morgan fingerprint density at radius 3 is 2.65 bits per heavy atom. The van der Waals surface area contributed by atoms with E-state index in [-0.39, 0.29) is 0 Å². The maximum absolute atomic E-state index is 6.32. The zero-order valence-electron chi connectivity index (χ0n) is 11.7. The Kier molecular flexibility index (Phi) is 7.40. The highest BCUT2D eigenvalue weighted by Gasteiger charge is 2.25. The third kappa shape index (κ3) is 4.74. The second-order valence-corrected chi connectivity index (χ2v) is 8.26. The number of nitrogens with one attached hydrogen (secondary N) is 1.